The van der Waals surface area contributed by atoms with E-state index in [-0.39, 0.29) is 11.1 Å². The zero-order valence-electron chi connectivity index (χ0n) is 10.8. The number of fused-ring (bicyclic) bond motifs is 1. The maximum Gasteiger partial charge on any atom is 0.338 e. The number of nitrogens with zero attached hydrogens (tertiary/aromatic N) is 3. The van der Waals surface area contributed by atoms with Crippen LogP contribution in [0.15, 0.2) is 18.3 Å². The number of carbonyl (C=O) groups is 1. The summed E-state index contributed by atoms with van der Waals surface area (Å²) in [6, 6.07) is 2.19. The third-order valence-corrected chi connectivity index (χ3v) is 3.27. The lowest BCUT2D eigenvalue weighted by atomic mass is 10.2. The van der Waals surface area contributed by atoms with E-state index >= 15 is 0 Å². The Kier molecular flexibility index (Phi) is 2.56. The van der Waals surface area contributed by atoms with Gasteiger partial charge >= 0.3 is 5.97 Å². The van der Waals surface area contributed by atoms with Crippen LogP contribution in [0, 0.1) is 12.7 Å². The molecule has 1 aromatic carbocycles. The van der Waals surface area contributed by atoms with Crippen LogP contribution >= 0.6 is 0 Å². The number of halogens is 1. The topological polar surface area (TPSA) is 83.8 Å². The molecule has 3 rings (SSSR count). The van der Waals surface area contributed by atoms with Crippen LogP contribution in [0.1, 0.15) is 16.1 Å². The molecule has 0 aliphatic heterocycles. The van der Waals surface area contributed by atoms with Crippen LogP contribution < -0.4 is 0 Å². The van der Waals surface area contributed by atoms with Gasteiger partial charge in [0.1, 0.15) is 17.2 Å². The normalized spacial score (nSPS) is 11.2. The molecule has 6 nitrogen and oxygen atoms in total. The van der Waals surface area contributed by atoms with E-state index in [1.807, 2.05) is 6.92 Å². The van der Waals surface area contributed by atoms with Gasteiger partial charge in [0.2, 0.25) is 0 Å². The number of benzene rings is 1. The van der Waals surface area contributed by atoms with Crippen LogP contribution in [-0.2, 0) is 7.05 Å². The lowest BCUT2D eigenvalue weighted by Crippen LogP contribution is -1.98. The summed E-state index contributed by atoms with van der Waals surface area (Å²) < 4.78 is 15.1. The molecule has 0 aliphatic rings. The van der Waals surface area contributed by atoms with Gasteiger partial charge in [-0.05, 0) is 19.1 Å². The number of aromatic amines is 1. The third-order valence-electron chi connectivity index (χ3n) is 3.27. The van der Waals surface area contributed by atoms with E-state index in [1.165, 1.54) is 6.07 Å². The fourth-order valence-corrected chi connectivity index (χ4v) is 2.10. The summed E-state index contributed by atoms with van der Waals surface area (Å²) in [6.07, 6.45) is 1.63. The minimum Gasteiger partial charge on any atom is -0.478 e. The maximum absolute atomic E-state index is 13.4. The average Bonchev–Trinajstić information content (AvgIpc) is 2.93. The SMILES string of the molecule is Cc1c(-c2nc3c(C(=O)O)cc(F)cc3[nH]2)cnn1C. The fourth-order valence-electron chi connectivity index (χ4n) is 2.10. The van der Waals surface area contributed by atoms with E-state index in [0.29, 0.717) is 11.3 Å². The van der Waals surface area contributed by atoms with Gasteiger partial charge in [-0.3, -0.25) is 4.68 Å². The van der Waals surface area contributed by atoms with Crippen molar-refractivity contribution in [1.29, 1.82) is 0 Å². The highest BCUT2D eigenvalue weighted by molar-refractivity contribution is 6.01. The number of aromatic nitrogens is 4. The van der Waals surface area contributed by atoms with Gasteiger partial charge in [0.05, 0.1) is 22.8 Å². The summed E-state index contributed by atoms with van der Waals surface area (Å²) in [5.41, 5.74) is 2.05. The maximum atomic E-state index is 13.4. The number of aryl methyl sites for hydroxylation is 1. The van der Waals surface area contributed by atoms with Gasteiger partial charge in [-0.15, -0.1) is 0 Å². The number of H-pyrrole nitrogens is 1. The minimum absolute atomic E-state index is 0.163. The number of aromatic carboxylic acids is 1. The van der Waals surface area contributed by atoms with Crippen molar-refractivity contribution in [2.75, 3.05) is 0 Å². The van der Waals surface area contributed by atoms with Crippen molar-refractivity contribution < 1.29 is 14.3 Å². The lowest BCUT2D eigenvalue weighted by molar-refractivity contribution is 0.0698. The number of hydrogen-bond donors (Lipinski definition) is 2. The molecule has 3 aromatic rings. The standard InChI is InChI=1S/C13H11FN4O2/c1-6-9(5-15-18(6)2)12-16-10-4-7(14)3-8(13(19)20)11(10)17-12/h3-5H,1-2H3,(H,16,17)(H,19,20). The van der Waals surface area contributed by atoms with Crippen molar-refractivity contribution in [3.63, 3.8) is 0 Å². The molecular weight excluding hydrogens is 263 g/mol. The Morgan fingerprint density at radius 2 is 2.20 bits per heavy atom. The highest BCUT2D eigenvalue weighted by Crippen LogP contribution is 2.25. The predicted molar refractivity (Wildman–Crippen MR) is 70.0 cm³/mol. The molecule has 0 fully saturated rings. The molecule has 7 heteroatoms. The molecule has 0 atom stereocenters. The van der Waals surface area contributed by atoms with Crippen LogP contribution in [0.2, 0.25) is 0 Å². The number of hydrogen-bond acceptors (Lipinski definition) is 3. The van der Waals surface area contributed by atoms with Crippen molar-refractivity contribution in [3.05, 3.63) is 35.4 Å². The molecule has 0 aliphatic carbocycles. The summed E-state index contributed by atoms with van der Waals surface area (Å²) in [6.45, 7) is 1.87. The summed E-state index contributed by atoms with van der Waals surface area (Å²) in [5, 5.41) is 13.2. The largest absolute Gasteiger partial charge is 0.478 e. The van der Waals surface area contributed by atoms with E-state index < -0.39 is 11.8 Å². The van der Waals surface area contributed by atoms with Gasteiger partial charge in [0.25, 0.3) is 0 Å². The number of rotatable bonds is 2. The smallest absolute Gasteiger partial charge is 0.338 e. The van der Waals surface area contributed by atoms with E-state index in [0.717, 1.165) is 17.3 Å². The molecule has 0 bridgehead atoms. The Labute approximate surface area is 112 Å². The van der Waals surface area contributed by atoms with E-state index in [2.05, 4.69) is 15.1 Å². The van der Waals surface area contributed by atoms with Crippen molar-refractivity contribution >= 4 is 17.0 Å². The van der Waals surface area contributed by atoms with Crippen LogP contribution in [-0.4, -0.2) is 30.8 Å². The number of nitrogens with one attached hydrogen (secondary N) is 1. The molecule has 2 heterocycles. The zero-order valence-corrected chi connectivity index (χ0v) is 10.8. The Balaban J connectivity index is 2.28. The Morgan fingerprint density at radius 3 is 2.80 bits per heavy atom. The molecule has 0 saturated carbocycles. The molecule has 0 amide bonds. The van der Waals surface area contributed by atoms with E-state index in [4.69, 9.17) is 5.11 Å². The Hall–Kier alpha value is -2.70. The van der Waals surface area contributed by atoms with Gasteiger partial charge in [-0.2, -0.15) is 5.10 Å². The van der Waals surface area contributed by atoms with Crippen LogP contribution in [0.4, 0.5) is 4.39 Å². The third kappa shape index (κ3) is 1.75. The van der Waals surface area contributed by atoms with Crippen LogP contribution in [0.25, 0.3) is 22.4 Å². The summed E-state index contributed by atoms with van der Waals surface area (Å²) in [5.74, 6) is -1.36. The minimum atomic E-state index is -1.21. The van der Waals surface area contributed by atoms with Gasteiger partial charge in [-0.1, -0.05) is 0 Å². The van der Waals surface area contributed by atoms with Gasteiger partial charge in [0, 0.05) is 12.7 Å². The highest BCUT2D eigenvalue weighted by Gasteiger charge is 2.17. The molecular formula is C13H11FN4O2. The molecule has 0 radical (unpaired) electrons. The molecule has 2 N–H and O–H groups in total. The van der Waals surface area contributed by atoms with Crippen molar-refractivity contribution in [2.24, 2.45) is 7.05 Å². The summed E-state index contributed by atoms with van der Waals surface area (Å²) >= 11 is 0. The lowest BCUT2D eigenvalue weighted by Gasteiger charge is -1.96. The molecule has 102 valence electrons. The first-order chi connectivity index (χ1) is 9.47. The zero-order chi connectivity index (χ0) is 14.4. The first-order valence-corrected chi connectivity index (χ1v) is 5.89. The summed E-state index contributed by atoms with van der Waals surface area (Å²) in [4.78, 5) is 18.3. The predicted octanol–water partition coefficient (Wildman–Crippen LogP) is 2.11. The molecule has 0 spiro atoms. The van der Waals surface area contributed by atoms with Gasteiger partial charge in [0.15, 0.2) is 0 Å². The fraction of sp³-hybridized carbons (Fsp3) is 0.154. The monoisotopic (exact) mass is 274 g/mol. The second-order valence-electron chi connectivity index (χ2n) is 4.51. The van der Waals surface area contributed by atoms with Crippen molar-refractivity contribution in [3.8, 4) is 11.4 Å². The van der Waals surface area contributed by atoms with Crippen LogP contribution in [0.3, 0.4) is 0 Å². The second-order valence-corrected chi connectivity index (χ2v) is 4.51. The number of imidazole rings is 1. The molecule has 0 unspecified atom stereocenters. The average molecular weight is 274 g/mol. The molecule has 0 saturated heterocycles. The van der Waals surface area contributed by atoms with Crippen LogP contribution in [0.5, 0.6) is 0 Å². The number of carboxylic acids is 1. The van der Waals surface area contributed by atoms with Crippen molar-refractivity contribution in [2.45, 2.75) is 6.92 Å². The van der Waals surface area contributed by atoms with E-state index in [9.17, 15) is 9.18 Å². The second kappa shape index (κ2) is 4.16. The quantitative estimate of drug-likeness (QED) is 0.749. The molecule has 20 heavy (non-hydrogen) atoms. The first kappa shape index (κ1) is 12.3. The van der Waals surface area contributed by atoms with E-state index in [1.54, 1.807) is 17.9 Å². The van der Waals surface area contributed by atoms with Crippen molar-refractivity contribution in [1.82, 2.24) is 19.7 Å². The first-order valence-electron chi connectivity index (χ1n) is 5.89. The highest BCUT2D eigenvalue weighted by atomic mass is 19.1. The number of carboxylic acid groups (broad SMARTS) is 1. The Morgan fingerprint density at radius 1 is 1.45 bits per heavy atom. The van der Waals surface area contributed by atoms with Gasteiger partial charge in [-0.25, -0.2) is 14.2 Å². The molecule has 2 aromatic heterocycles. The summed E-state index contributed by atoms with van der Waals surface area (Å²) in [7, 11) is 1.80. The Bertz CT molecular complexity index is 834. The van der Waals surface area contributed by atoms with Gasteiger partial charge < -0.3 is 10.1 Å².